The average Bonchev–Trinajstić information content (AvgIpc) is 1.57. The molecule has 1 atom stereocenters. The molecule has 1 unspecified atom stereocenters. The van der Waals surface area contributed by atoms with Crippen molar-refractivity contribution in [1.29, 1.82) is 0 Å². The molecule has 0 amide bonds. The number of aliphatic carboxylic acids is 1. The molecule has 0 aromatic heterocycles. The van der Waals surface area contributed by atoms with Gasteiger partial charge in [0.2, 0.25) is 0 Å². The molecule has 1 saturated carbocycles. The predicted molar refractivity (Wildman–Crippen MR) is 34.5 cm³/mol. The molecule has 58 valence electrons. The van der Waals surface area contributed by atoms with Crippen LogP contribution in [0.1, 0.15) is 26.2 Å². The lowest BCUT2D eigenvalue weighted by molar-refractivity contribution is -0.160. The Hall–Kier alpha value is -0.600. The number of halogens is 1. The summed E-state index contributed by atoms with van der Waals surface area (Å²) in [4.78, 5) is 10.5. The van der Waals surface area contributed by atoms with Crippen LogP contribution in [0.3, 0.4) is 0 Å². The number of rotatable bonds is 2. The monoisotopic (exact) mass is 146 g/mol. The zero-order chi connectivity index (χ0) is 7.78. The Morgan fingerprint density at radius 3 is 2.20 bits per heavy atom. The van der Waals surface area contributed by atoms with Gasteiger partial charge in [-0.3, -0.25) is 4.79 Å². The van der Waals surface area contributed by atoms with Crippen LogP contribution in [0.2, 0.25) is 0 Å². The van der Waals surface area contributed by atoms with E-state index in [-0.39, 0.29) is 0 Å². The fourth-order valence-electron chi connectivity index (χ4n) is 1.34. The topological polar surface area (TPSA) is 37.3 Å². The highest BCUT2D eigenvalue weighted by molar-refractivity contribution is 5.76. The molecule has 1 fully saturated rings. The van der Waals surface area contributed by atoms with Gasteiger partial charge in [-0.2, -0.15) is 0 Å². The van der Waals surface area contributed by atoms with Crippen molar-refractivity contribution in [3.8, 4) is 0 Å². The van der Waals surface area contributed by atoms with E-state index in [1.165, 1.54) is 6.92 Å². The highest BCUT2D eigenvalue weighted by Crippen LogP contribution is 2.45. The molecule has 0 bridgehead atoms. The van der Waals surface area contributed by atoms with Gasteiger partial charge in [0, 0.05) is 0 Å². The van der Waals surface area contributed by atoms with Crippen LogP contribution < -0.4 is 0 Å². The molecule has 0 radical (unpaired) electrons. The molecule has 1 N–H and O–H groups in total. The second-order valence-electron chi connectivity index (χ2n) is 2.93. The van der Waals surface area contributed by atoms with Gasteiger partial charge in [0.05, 0.1) is 5.41 Å². The van der Waals surface area contributed by atoms with Crippen LogP contribution in [0.25, 0.3) is 0 Å². The zero-order valence-corrected chi connectivity index (χ0v) is 5.93. The summed E-state index contributed by atoms with van der Waals surface area (Å²) in [5.74, 6) is -0.978. The van der Waals surface area contributed by atoms with Crippen molar-refractivity contribution in [3.05, 3.63) is 0 Å². The molecule has 3 heteroatoms. The predicted octanol–water partition coefficient (Wildman–Crippen LogP) is 1.60. The lowest BCUT2D eigenvalue weighted by atomic mass is 9.66. The summed E-state index contributed by atoms with van der Waals surface area (Å²) in [5.41, 5.74) is -1.03. The Morgan fingerprint density at radius 1 is 1.70 bits per heavy atom. The van der Waals surface area contributed by atoms with Crippen molar-refractivity contribution >= 4 is 5.97 Å². The third kappa shape index (κ3) is 0.805. The number of alkyl halides is 1. The first kappa shape index (κ1) is 7.51. The smallest absolute Gasteiger partial charge is 0.312 e. The van der Waals surface area contributed by atoms with Crippen molar-refractivity contribution in [2.75, 3.05) is 0 Å². The summed E-state index contributed by atoms with van der Waals surface area (Å²) in [6.07, 6.45) is 0.638. The van der Waals surface area contributed by atoms with E-state index < -0.39 is 17.6 Å². The summed E-state index contributed by atoms with van der Waals surface area (Å²) in [7, 11) is 0. The minimum absolute atomic E-state index is 0.500. The van der Waals surface area contributed by atoms with E-state index in [2.05, 4.69) is 0 Å². The minimum atomic E-state index is -1.21. The van der Waals surface area contributed by atoms with Crippen LogP contribution >= 0.6 is 0 Å². The Labute approximate surface area is 59.0 Å². The summed E-state index contributed by atoms with van der Waals surface area (Å²) in [6.45, 7) is 1.33. The lowest BCUT2D eigenvalue weighted by Gasteiger charge is -2.38. The van der Waals surface area contributed by atoms with E-state index in [0.717, 1.165) is 6.42 Å². The van der Waals surface area contributed by atoms with Crippen molar-refractivity contribution in [3.63, 3.8) is 0 Å². The molecule has 1 aliphatic rings. The van der Waals surface area contributed by atoms with E-state index >= 15 is 0 Å². The van der Waals surface area contributed by atoms with Gasteiger partial charge < -0.3 is 5.11 Å². The van der Waals surface area contributed by atoms with E-state index in [0.29, 0.717) is 12.8 Å². The molecule has 0 aromatic rings. The Morgan fingerprint density at radius 2 is 2.20 bits per heavy atom. The summed E-state index contributed by atoms with van der Waals surface area (Å²) < 4.78 is 12.7. The number of carbonyl (C=O) groups is 1. The summed E-state index contributed by atoms with van der Waals surface area (Å²) in [6, 6.07) is 0. The van der Waals surface area contributed by atoms with Crippen molar-refractivity contribution in [2.24, 2.45) is 5.41 Å². The molecule has 0 spiro atoms. The van der Waals surface area contributed by atoms with Gasteiger partial charge in [0.1, 0.15) is 6.17 Å². The number of carboxylic acid groups (broad SMARTS) is 1. The average molecular weight is 146 g/mol. The van der Waals surface area contributed by atoms with Gasteiger partial charge in [-0.1, -0.05) is 6.42 Å². The van der Waals surface area contributed by atoms with Crippen LogP contribution in [-0.2, 0) is 4.79 Å². The van der Waals surface area contributed by atoms with Crippen LogP contribution in [0, 0.1) is 5.41 Å². The van der Waals surface area contributed by atoms with Crippen molar-refractivity contribution < 1.29 is 14.3 Å². The first-order chi connectivity index (χ1) is 4.59. The van der Waals surface area contributed by atoms with E-state index in [1.54, 1.807) is 0 Å². The first-order valence-corrected chi connectivity index (χ1v) is 3.47. The molecule has 10 heavy (non-hydrogen) atoms. The molecule has 0 aromatic carbocycles. The Balaban J connectivity index is 2.68. The quantitative estimate of drug-likeness (QED) is 0.642. The molecule has 1 aliphatic carbocycles. The standard InChI is InChI=1S/C7H11FO2/c1-5(8)7(6(9)10)3-2-4-7/h5H,2-4H2,1H3,(H,9,10). The van der Waals surface area contributed by atoms with Crippen LogP contribution in [0.15, 0.2) is 0 Å². The van der Waals surface area contributed by atoms with Gasteiger partial charge in [0.25, 0.3) is 0 Å². The molecule has 1 rings (SSSR count). The third-order valence-corrected chi connectivity index (χ3v) is 2.43. The molecule has 2 nitrogen and oxygen atoms in total. The van der Waals surface area contributed by atoms with Gasteiger partial charge >= 0.3 is 5.97 Å². The van der Waals surface area contributed by atoms with Crippen LogP contribution in [0.4, 0.5) is 4.39 Å². The minimum Gasteiger partial charge on any atom is -0.481 e. The Kier molecular flexibility index (Phi) is 1.67. The number of carboxylic acids is 1. The normalized spacial score (nSPS) is 25.0. The van der Waals surface area contributed by atoms with Crippen LogP contribution in [0.5, 0.6) is 0 Å². The van der Waals surface area contributed by atoms with Gasteiger partial charge in [-0.05, 0) is 19.8 Å². The molecular weight excluding hydrogens is 135 g/mol. The number of hydrogen-bond acceptors (Lipinski definition) is 1. The number of hydrogen-bond donors (Lipinski definition) is 1. The highest BCUT2D eigenvalue weighted by Gasteiger charge is 2.49. The first-order valence-electron chi connectivity index (χ1n) is 3.47. The maximum absolute atomic E-state index is 12.7. The molecular formula is C7H11FO2. The second-order valence-corrected chi connectivity index (χ2v) is 2.93. The molecule has 0 heterocycles. The van der Waals surface area contributed by atoms with E-state index in [4.69, 9.17) is 5.11 Å². The van der Waals surface area contributed by atoms with E-state index in [1.807, 2.05) is 0 Å². The second kappa shape index (κ2) is 2.22. The fraction of sp³-hybridized carbons (Fsp3) is 0.857. The van der Waals surface area contributed by atoms with Gasteiger partial charge in [-0.15, -0.1) is 0 Å². The van der Waals surface area contributed by atoms with Gasteiger partial charge in [-0.25, -0.2) is 4.39 Å². The largest absolute Gasteiger partial charge is 0.481 e. The van der Waals surface area contributed by atoms with Gasteiger partial charge in [0.15, 0.2) is 0 Å². The maximum Gasteiger partial charge on any atom is 0.312 e. The lowest BCUT2D eigenvalue weighted by Crippen LogP contribution is -2.44. The van der Waals surface area contributed by atoms with Crippen LogP contribution in [-0.4, -0.2) is 17.2 Å². The third-order valence-electron chi connectivity index (χ3n) is 2.43. The summed E-state index contributed by atoms with van der Waals surface area (Å²) in [5, 5.41) is 8.61. The SMILES string of the molecule is CC(F)C1(C(=O)O)CCC1. The molecule has 0 aliphatic heterocycles. The summed E-state index contributed by atoms with van der Waals surface area (Å²) >= 11 is 0. The maximum atomic E-state index is 12.7. The molecule has 0 saturated heterocycles. The van der Waals surface area contributed by atoms with Crippen molar-refractivity contribution in [1.82, 2.24) is 0 Å². The Bertz CT molecular complexity index is 150. The fourth-order valence-corrected chi connectivity index (χ4v) is 1.34. The van der Waals surface area contributed by atoms with Crippen molar-refractivity contribution in [2.45, 2.75) is 32.4 Å². The zero-order valence-electron chi connectivity index (χ0n) is 5.93. The van der Waals surface area contributed by atoms with E-state index in [9.17, 15) is 9.18 Å². The highest BCUT2D eigenvalue weighted by atomic mass is 19.1.